The third kappa shape index (κ3) is 2.96. The SMILES string of the molecule is Nc1ncccc1CN1CCc2nc(-c3ccncc3)ncc2C1. The molecule has 3 aromatic rings. The smallest absolute Gasteiger partial charge is 0.159 e. The minimum absolute atomic E-state index is 0.604. The Hall–Kier alpha value is -2.86. The van der Waals surface area contributed by atoms with Crippen LogP contribution >= 0.6 is 0 Å². The summed E-state index contributed by atoms with van der Waals surface area (Å²) in [5, 5.41) is 0. The Kier molecular flexibility index (Phi) is 3.88. The van der Waals surface area contributed by atoms with Crippen LogP contribution in [-0.2, 0) is 19.5 Å². The molecule has 0 atom stereocenters. The number of hydrogen-bond donors (Lipinski definition) is 1. The first-order valence-electron chi connectivity index (χ1n) is 7.96. The minimum Gasteiger partial charge on any atom is -0.383 e. The van der Waals surface area contributed by atoms with Crippen molar-refractivity contribution in [3.63, 3.8) is 0 Å². The van der Waals surface area contributed by atoms with Crippen LogP contribution in [0.1, 0.15) is 16.8 Å². The Bertz CT molecular complexity index is 849. The highest BCUT2D eigenvalue weighted by Gasteiger charge is 2.19. The Morgan fingerprint density at radius 2 is 1.96 bits per heavy atom. The fraction of sp³-hybridized carbons (Fsp3) is 0.222. The zero-order valence-electron chi connectivity index (χ0n) is 13.3. The second-order valence-corrected chi connectivity index (χ2v) is 5.91. The number of anilines is 1. The molecule has 0 saturated carbocycles. The van der Waals surface area contributed by atoms with Crippen LogP contribution in [0.3, 0.4) is 0 Å². The number of nitrogens with zero attached hydrogens (tertiary/aromatic N) is 5. The van der Waals surface area contributed by atoms with Crippen LogP contribution < -0.4 is 5.73 Å². The standard InChI is InChI=1S/C18H18N6/c19-17-14(2-1-6-21-17)11-24-9-5-16-15(12-24)10-22-18(23-16)13-3-7-20-8-4-13/h1-4,6-8,10H,5,9,11-12H2,(H2,19,21). The molecule has 2 N–H and O–H groups in total. The van der Waals surface area contributed by atoms with Crippen molar-refractivity contribution in [1.82, 2.24) is 24.8 Å². The number of pyridine rings is 2. The number of fused-ring (bicyclic) bond motifs is 1. The molecule has 0 aromatic carbocycles. The monoisotopic (exact) mass is 318 g/mol. The van der Waals surface area contributed by atoms with Gasteiger partial charge in [-0.1, -0.05) is 6.07 Å². The van der Waals surface area contributed by atoms with E-state index in [1.54, 1.807) is 18.6 Å². The molecule has 6 nitrogen and oxygen atoms in total. The molecule has 0 spiro atoms. The van der Waals surface area contributed by atoms with Crippen molar-refractivity contribution in [2.45, 2.75) is 19.5 Å². The van der Waals surface area contributed by atoms with Gasteiger partial charge in [-0.05, 0) is 18.2 Å². The van der Waals surface area contributed by atoms with Crippen molar-refractivity contribution in [2.75, 3.05) is 12.3 Å². The second-order valence-electron chi connectivity index (χ2n) is 5.91. The van der Waals surface area contributed by atoms with Gasteiger partial charge in [-0.25, -0.2) is 15.0 Å². The average molecular weight is 318 g/mol. The third-order valence-corrected chi connectivity index (χ3v) is 4.27. The van der Waals surface area contributed by atoms with E-state index in [2.05, 4.69) is 19.9 Å². The van der Waals surface area contributed by atoms with Gasteiger partial charge >= 0.3 is 0 Å². The molecular weight excluding hydrogens is 300 g/mol. The lowest BCUT2D eigenvalue weighted by atomic mass is 10.1. The van der Waals surface area contributed by atoms with Gasteiger partial charge in [0, 0.05) is 67.5 Å². The molecule has 0 aliphatic carbocycles. The van der Waals surface area contributed by atoms with E-state index in [9.17, 15) is 0 Å². The minimum atomic E-state index is 0.604. The van der Waals surface area contributed by atoms with E-state index in [4.69, 9.17) is 10.7 Å². The molecular formula is C18H18N6. The van der Waals surface area contributed by atoms with Gasteiger partial charge < -0.3 is 5.73 Å². The van der Waals surface area contributed by atoms with E-state index in [-0.39, 0.29) is 0 Å². The molecule has 4 heterocycles. The molecule has 0 bridgehead atoms. The molecule has 0 unspecified atom stereocenters. The molecule has 24 heavy (non-hydrogen) atoms. The molecule has 3 aromatic heterocycles. The lowest BCUT2D eigenvalue weighted by Gasteiger charge is -2.28. The van der Waals surface area contributed by atoms with Gasteiger partial charge in [-0.2, -0.15) is 0 Å². The Balaban J connectivity index is 1.53. The van der Waals surface area contributed by atoms with Gasteiger partial charge in [0.15, 0.2) is 5.82 Å². The van der Waals surface area contributed by atoms with Crippen LogP contribution in [0.4, 0.5) is 5.82 Å². The van der Waals surface area contributed by atoms with E-state index in [0.29, 0.717) is 5.82 Å². The summed E-state index contributed by atoms with van der Waals surface area (Å²) in [6, 6.07) is 7.82. The number of nitrogens with two attached hydrogens (primary N) is 1. The second kappa shape index (κ2) is 6.33. The predicted molar refractivity (Wildman–Crippen MR) is 91.7 cm³/mol. The summed E-state index contributed by atoms with van der Waals surface area (Å²) in [6.07, 6.45) is 8.10. The van der Waals surface area contributed by atoms with Crippen LogP contribution in [0.2, 0.25) is 0 Å². The quantitative estimate of drug-likeness (QED) is 0.796. The molecule has 0 saturated heterocycles. The lowest BCUT2D eigenvalue weighted by molar-refractivity contribution is 0.243. The first kappa shape index (κ1) is 14.7. The van der Waals surface area contributed by atoms with Gasteiger partial charge in [0.1, 0.15) is 5.82 Å². The maximum atomic E-state index is 5.95. The van der Waals surface area contributed by atoms with Crippen molar-refractivity contribution >= 4 is 5.82 Å². The molecule has 0 radical (unpaired) electrons. The van der Waals surface area contributed by atoms with Crippen molar-refractivity contribution in [2.24, 2.45) is 0 Å². The Labute approximate surface area is 140 Å². The molecule has 120 valence electrons. The summed E-state index contributed by atoms with van der Waals surface area (Å²) in [5.41, 5.74) is 10.3. The summed E-state index contributed by atoms with van der Waals surface area (Å²) in [4.78, 5) is 19.8. The van der Waals surface area contributed by atoms with Crippen molar-refractivity contribution < 1.29 is 0 Å². The lowest BCUT2D eigenvalue weighted by Crippen LogP contribution is -2.31. The summed E-state index contributed by atoms with van der Waals surface area (Å²) >= 11 is 0. The van der Waals surface area contributed by atoms with E-state index in [1.165, 1.54) is 5.56 Å². The van der Waals surface area contributed by atoms with Gasteiger partial charge in [0.25, 0.3) is 0 Å². The van der Waals surface area contributed by atoms with E-state index in [0.717, 1.165) is 48.7 Å². The fourth-order valence-corrected chi connectivity index (χ4v) is 2.98. The van der Waals surface area contributed by atoms with Gasteiger partial charge in [0.05, 0.1) is 5.69 Å². The number of rotatable bonds is 3. The molecule has 0 amide bonds. The summed E-state index contributed by atoms with van der Waals surface area (Å²) < 4.78 is 0. The first-order valence-corrected chi connectivity index (χ1v) is 7.96. The maximum Gasteiger partial charge on any atom is 0.159 e. The first-order chi connectivity index (χ1) is 11.8. The Morgan fingerprint density at radius 3 is 2.79 bits per heavy atom. The Morgan fingerprint density at radius 1 is 1.08 bits per heavy atom. The molecule has 1 aliphatic rings. The predicted octanol–water partition coefficient (Wildman–Crippen LogP) is 2.07. The summed E-state index contributed by atoms with van der Waals surface area (Å²) in [5.74, 6) is 1.37. The number of hydrogen-bond acceptors (Lipinski definition) is 6. The summed E-state index contributed by atoms with van der Waals surface area (Å²) in [7, 11) is 0. The highest BCUT2D eigenvalue weighted by atomic mass is 15.1. The molecule has 4 rings (SSSR count). The topological polar surface area (TPSA) is 80.8 Å². The zero-order chi connectivity index (χ0) is 16.4. The highest BCUT2D eigenvalue weighted by molar-refractivity contribution is 5.54. The van der Waals surface area contributed by atoms with E-state index in [1.807, 2.05) is 30.5 Å². The zero-order valence-corrected chi connectivity index (χ0v) is 13.3. The van der Waals surface area contributed by atoms with Crippen molar-refractivity contribution in [3.05, 3.63) is 65.9 Å². The van der Waals surface area contributed by atoms with Crippen LogP contribution in [0.25, 0.3) is 11.4 Å². The molecule has 0 fully saturated rings. The van der Waals surface area contributed by atoms with Crippen LogP contribution in [0.5, 0.6) is 0 Å². The number of aromatic nitrogens is 4. The van der Waals surface area contributed by atoms with Gasteiger partial charge in [-0.3, -0.25) is 9.88 Å². The molecule has 1 aliphatic heterocycles. The van der Waals surface area contributed by atoms with Crippen LogP contribution in [0, 0.1) is 0 Å². The molecule has 6 heteroatoms. The van der Waals surface area contributed by atoms with Crippen LogP contribution in [0.15, 0.2) is 49.1 Å². The van der Waals surface area contributed by atoms with E-state index < -0.39 is 0 Å². The highest BCUT2D eigenvalue weighted by Crippen LogP contribution is 2.22. The maximum absolute atomic E-state index is 5.95. The largest absolute Gasteiger partial charge is 0.383 e. The summed E-state index contributed by atoms with van der Waals surface area (Å²) in [6.45, 7) is 2.58. The van der Waals surface area contributed by atoms with Crippen molar-refractivity contribution in [3.8, 4) is 11.4 Å². The average Bonchev–Trinajstić information content (AvgIpc) is 2.64. The normalized spacial score (nSPS) is 14.3. The van der Waals surface area contributed by atoms with Gasteiger partial charge in [0.2, 0.25) is 0 Å². The van der Waals surface area contributed by atoms with Crippen molar-refractivity contribution in [1.29, 1.82) is 0 Å². The fourth-order valence-electron chi connectivity index (χ4n) is 2.98. The number of nitrogen functional groups attached to an aromatic ring is 1. The third-order valence-electron chi connectivity index (χ3n) is 4.27. The van der Waals surface area contributed by atoms with Gasteiger partial charge in [-0.15, -0.1) is 0 Å². The van der Waals surface area contributed by atoms with Crippen LogP contribution in [-0.4, -0.2) is 31.4 Å². The van der Waals surface area contributed by atoms with E-state index >= 15 is 0 Å².